The molecule has 0 saturated heterocycles. The molecule has 0 radical (unpaired) electrons. The second kappa shape index (κ2) is 6.20. The van der Waals surface area contributed by atoms with E-state index in [-0.39, 0.29) is 6.04 Å². The summed E-state index contributed by atoms with van der Waals surface area (Å²) in [5, 5.41) is 0. The minimum absolute atomic E-state index is 0.208. The lowest BCUT2D eigenvalue weighted by Crippen LogP contribution is -2.28. The molecule has 0 heterocycles. The number of benzene rings is 2. The van der Waals surface area contributed by atoms with Crippen LogP contribution in [0.25, 0.3) is 0 Å². The summed E-state index contributed by atoms with van der Waals surface area (Å²) in [7, 11) is -3.48. The van der Waals surface area contributed by atoms with E-state index in [0.29, 0.717) is 11.3 Å². The quantitative estimate of drug-likeness (QED) is 0.916. The summed E-state index contributed by atoms with van der Waals surface area (Å²) in [6, 6.07) is 16.2. The van der Waals surface area contributed by atoms with Crippen molar-refractivity contribution in [3.63, 3.8) is 0 Å². The summed E-state index contributed by atoms with van der Waals surface area (Å²) in [5.74, 6) is 0. The maximum Gasteiger partial charge on any atom is 0.241 e. The Bertz CT molecular complexity index is 649. The Morgan fingerprint density at radius 2 is 1.60 bits per heavy atom. The van der Waals surface area contributed by atoms with Crippen molar-refractivity contribution < 1.29 is 8.42 Å². The van der Waals surface area contributed by atoms with E-state index in [1.807, 2.05) is 38.1 Å². The number of sulfonamides is 1. The van der Waals surface area contributed by atoms with Crippen LogP contribution < -0.4 is 4.72 Å². The lowest BCUT2D eigenvalue weighted by atomic mass is 10.0. The van der Waals surface area contributed by atoms with Gasteiger partial charge in [0, 0.05) is 6.04 Å². The standard InChI is InChI=1S/C16H19NO2S/c1-3-16(14-11-9-13(2)10-12-14)17-20(18,19)15-7-5-4-6-8-15/h4-12,16-17H,3H2,1-2H3. The Labute approximate surface area is 120 Å². The number of nitrogens with one attached hydrogen (secondary N) is 1. The molecule has 0 aliphatic carbocycles. The van der Waals surface area contributed by atoms with E-state index in [0.717, 1.165) is 11.1 Å². The minimum Gasteiger partial charge on any atom is -0.207 e. The van der Waals surface area contributed by atoms with Crippen molar-refractivity contribution >= 4 is 10.0 Å². The first kappa shape index (κ1) is 14.8. The maximum absolute atomic E-state index is 12.3. The van der Waals surface area contributed by atoms with Crippen molar-refractivity contribution in [3.8, 4) is 0 Å². The van der Waals surface area contributed by atoms with E-state index in [1.54, 1.807) is 30.3 Å². The smallest absolute Gasteiger partial charge is 0.207 e. The van der Waals surface area contributed by atoms with Gasteiger partial charge in [-0.25, -0.2) is 13.1 Å². The maximum atomic E-state index is 12.3. The van der Waals surface area contributed by atoms with Gasteiger partial charge in [-0.15, -0.1) is 0 Å². The van der Waals surface area contributed by atoms with Gasteiger partial charge in [-0.2, -0.15) is 0 Å². The van der Waals surface area contributed by atoms with Crippen LogP contribution in [0.4, 0.5) is 0 Å². The molecule has 4 heteroatoms. The molecule has 106 valence electrons. The highest BCUT2D eigenvalue weighted by molar-refractivity contribution is 7.89. The van der Waals surface area contributed by atoms with Gasteiger partial charge in [0.05, 0.1) is 4.90 Å². The number of hydrogen-bond acceptors (Lipinski definition) is 2. The lowest BCUT2D eigenvalue weighted by molar-refractivity contribution is 0.550. The van der Waals surface area contributed by atoms with Gasteiger partial charge in [-0.1, -0.05) is 55.0 Å². The van der Waals surface area contributed by atoms with E-state index in [2.05, 4.69) is 4.72 Å². The number of hydrogen-bond donors (Lipinski definition) is 1. The highest BCUT2D eigenvalue weighted by Crippen LogP contribution is 2.20. The third-order valence-electron chi connectivity index (χ3n) is 3.24. The largest absolute Gasteiger partial charge is 0.241 e. The first-order valence-electron chi connectivity index (χ1n) is 6.67. The van der Waals surface area contributed by atoms with Crippen LogP contribution in [-0.4, -0.2) is 8.42 Å². The van der Waals surface area contributed by atoms with Gasteiger partial charge in [-0.3, -0.25) is 0 Å². The molecule has 0 fully saturated rings. The summed E-state index contributed by atoms with van der Waals surface area (Å²) in [6.45, 7) is 3.98. The fraction of sp³-hybridized carbons (Fsp3) is 0.250. The Morgan fingerprint density at radius 3 is 2.15 bits per heavy atom. The van der Waals surface area contributed by atoms with Crippen LogP contribution in [0.15, 0.2) is 59.5 Å². The van der Waals surface area contributed by atoms with E-state index in [1.165, 1.54) is 0 Å². The summed E-state index contributed by atoms with van der Waals surface area (Å²) in [5.41, 5.74) is 2.15. The van der Waals surface area contributed by atoms with Crippen LogP contribution in [0.2, 0.25) is 0 Å². The molecular formula is C16H19NO2S. The average Bonchev–Trinajstić information content (AvgIpc) is 2.47. The van der Waals surface area contributed by atoms with Crippen molar-refractivity contribution in [3.05, 3.63) is 65.7 Å². The topological polar surface area (TPSA) is 46.2 Å². The Kier molecular flexibility index (Phi) is 4.57. The van der Waals surface area contributed by atoms with E-state index in [9.17, 15) is 8.42 Å². The highest BCUT2D eigenvalue weighted by Gasteiger charge is 2.19. The molecule has 2 aromatic rings. The molecule has 3 nitrogen and oxygen atoms in total. The Balaban J connectivity index is 2.24. The zero-order valence-electron chi connectivity index (χ0n) is 11.7. The Hall–Kier alpha value is -1.65. The van der Waals surface area contributed by atoms with Gasteiger partial charge in [0.1, 0.15) is 0 Å². The van der Waals surface area contributed by atoms with Crippen LogP contribution in [0.3, 0.4) is 0 Å². The monoisotopic (exact) mass is 289 g/mol. The summed E-state index contributed by atoms with van der Waals surface area (Å²) >= 11 is 0. The molecular weight excluding hydrogens is 270 g/mol. The summed E-state index contributed by atoms with van der Waals surface area (Å²) in [6.07, 6.45) is 0.703. The van der Waals surface area contributed by atoms with Gasteiger partial charge < -0.3 is 0 Å². The lowest BCUT2D eigenvalue weighted by Gasteiger charge is -2.17. The zero-order valence-corrected chi connectivity index (χ0v) is 12.5. The molecule has 20 heavy (non-hydrogen) atoms. The first-order valence-corrected chi connectivity index (χ1v) is 8.15. The minimum atomic E-state index is -3.48. The molecule has 0 aliphatic rings. The van der Waals surface area contributed by atoms with Crippen LogP contribution >= 0.6 is 0 Å². The Morgan fingerprint density at radius 1 is 1.00 bits per heavy atom. The highest BCUT2D eigenvalue weighted by atomic mass is 32.2. The molecule has 2 rings (SSSR count). The van der Waals surface area contributed by atoms with Gasteiger partial charge in [0.25, 0.3) is 0 Å². The molecule has 0 bridgehead atoms. The average molecular weight is 289 g/mol. The number of aryl methyl sites for hydroxylation is 1. The zero-order chi connectivity index (χ0) is 14.6. The normalized spacial score (nSPS) is 13.1. The third-order valence-corrected chi connectivity index (χ3v) is 4.73. The molecule has 1 N–H and O–H groups in total. The van der Waals surface area contributed by atoms with Gasteiger partial charge >= 0.3 is 0 Å². The SMILES string of the molecule is CCC(NS(=O)(=O)c1ccccc1)c1ccc(C)cc1. The van der Waals surface area contributed by atoms with Crippen LogP contribution in [0.5, 0.6) is 0 Å². The molecule has 1 atom stereocenters. The summed E-state index contributed by atoms with van der Waals surface area (Å²) in [4.78, 5) is 0.297. The molecule has 0 spiro atoms. The van der Waals surface area contributed by atoms with Gasteiger partial charge in [0.15, 0.2) is 0 Å². The van der Waals surface area contributed by atoms with Gasteiger partial charge in [0.2, 0.25) is 10.0 Å². The molecule has 0 aliphatic heterocycles. The molecule has 0 saturated carbocycles. The van der Waals surface area contributed by atoms with Crippen molar-refractivity contribution in [1.82, 2.24) is 4.72 Å². The predicted molar refractivity (Wildman–Crippen MR) is 81.0 cm³/mol. The van der Waals surface area contributed by atoms with Crippen LogP contribution in [0.1, 0.15) is 30.5 Å². The third kappa shape index (κ3) is 3.46. The second-order valence-corrected chi connectivity index (χ2v) is 6.52. The van der Waals surface area contributed by atoms with E-state index < -0.39 is 10.0 Å². The fourth-order valence-electron chi connectivity index (χ4n) is 2.04. The van der Waals surface area contributed by atoms with Crippen molar-refractivity contribution in [2.75, 3.05) is 0 Å². The molecule has 2 aromatic carbocycles. The van der Waals surface area contributed by atoms with Crippen molar-refractivity contribution in [2.45, 2.75) is 31.2 Å². The predicted octanol–water partition coefficient (Wildman–Crippen LogP) is 3.42. The van der Waals surface area contributed by atoms with E-state index >= 15 is 0 Å². The molecule has 0 aromatic heterocycles. The fourth-order valence-corrected chi connectivity index (χ4v) is 3.37. The van der Waals surface area contributed by atoms with E-state index in [4.69, 9.17) is 0 Å². The van der Waals surface area contributed by atoms with Crippen molar-refractivity contribution in [1.29, 1.82) is 0 Å². The first-order chi connectivity index (χ1) is 9.53. The molecule has 1 unspecified atom stereocenters. The van der Waals surface area contributed by atoms with Gasteiger partial charge in [-0.05, 0) is 31.0 Å². The van der Waals surface area contributed by atoms with Crippen LogP contribution in [-0.2, 0) is 10.0 Å². The molecule has 0 amide bonds. The number of rotatable bonds is 5. The second-order valence-electron chi connectivity index (χ2n) is 4.81. The summed E-state index contributed by atoms with van der Waals surface area (Å²) < 4.78 is 27.4. The van der Waals surface area contributed by atoms with Crippen molar-refractivity contribution in [2.24, 2.45) is 0 Å². The van der Waals surface area contributed by atoms with Crippen LogP contribution in [0, 0.1) is 6.92 Å².